The van der Waals surface area contributed by atoms with Crippen molar-refractivity contribution in [3.8, 4) is 11.1 Å². The van der Waals surface area contributed by atoms with Crippen molar-refractivity contribution >= 4 is 10.8 Å². The first-order chi connectivity index (χ1) is 14.1. The van der Waals surface area contributed by atoms with Crippen molar-refractivity contribution in [3.05, 3.63) is 94.8 Å². The molecule has 0 radical (unpaired) electrons. The quantitative estimate of drug-likeness (QED) is 0.234. The van der Waals surface area contributed by atoms with Gasteiger partial charge in [0.1, 0.15) is 35.7 Å². The monoisotopic (exact) mass is 422 g/mol. The first-order valence-corrected chi connectivity index (χ1v) is 8.80. The number of fused-ring (bicyclic) bond motifs is 1. The van der Waals surface area contributed by atoms with Crippen LogP contribution in [0.5, 0.6) is 0 Å². The Morgan fingerprint density at radius 2 is 1.57 bits per heavy atom. The van der Waals surface area contributed by atoms with Crippen LogP contribution in [-0.2, 0) is 11.3 Å². The summed E-state index contributed by atoms with van der Waals surface area (Å²) in [7, 11) is 0. The highest BCUT2D eigenvalue weighted by atomic mass is 19.2. The SMILES string of the molecule is C=C(F)/C(OCc1cc(F)c(-c2ccc3c(F)c(C)c(F)cc3c2)c(F)c1)=C(\C)F. The molecule has 3 rings (SSSR count). The summed E-state index contributed by atoms with van der Waals surface area (Å²) in [6, 6.07) is 6.90. The van der Waals surface area contributed by atoms with Gasteiger partial charge in [0.15, 0.2) is 11.6 Å². The largest absolute Gasteiger partial charge is 0.483 e. The smallest absolute Gasteiger partial charge is 0.185 e. The summed E-state index contributed by atoms with van der Waals surface area (Å²) in [5.41, 5.74) is -0.494. The fraction of sp³-hybridized carbons (Fsp3) is 0.130. The minimum absolute atomic E-state index is 0.0118. The van der Waals surface area contributed by atoms with Crippen LogP contribution in [0.3, 0.4) is 0 Å². The average molecular weight is 422 g/mol. The van der Waals surface area contributed by atoms with Crippen molar-refractivity contribution in [2.45, 2.75) is 20.5 Å². The molecule has 0 bridgehead atoms. The van der Waals surface area contributed by atoms with Gasteiger partial charge in [-0.25, -0.2) is 26.3 Å². The van der Waals surface area contributed by atoms with Gasteiger partial charge in [-0.3, -0.25) is 0 Å². The van der Waals surface area contributed by atoms with E-state index in [4.69, 9.17) is 4.74 Å². The van der Waals surface area contributed by atoms with E-state index in [1.165, 1.54) is 25.1 Å². The summed E-state index contributed by atoms with van der Waals surface area (Å²) in [6.07, 6.45) is 0. The van der Waals surface area contributed by atoms with Crippen LogP contribution in [0.4, 0.5) is 26.3 Å². The summed E-state index contributed by atoms with van der Waals surface area (Å²) >= 11 is 0. The van der Waals surface area contributed by atoms with Crippen LogP contribution in [0.2, 0.25) is 0 Å². The van der Waals surface area contributed by atoms with Crippen LogP contribution < -0.4 is 0 Å². The normalized spacial score (nSPS) is 12.1. The molecule has 7 heteroatoms. The molecule has 30 heavy (non-hydrogen) atoms. The molecule has 0 atom stereocenters. The number of ether oxygens (including phenoxy) is 1. The molecule has 1 nitrogen and oxygen atoms in total. The maximum absolute atomic E-state index is 14.6. The van der Waals surface area contributed by atoms with Gasteiger partial charge in [-0.15, -0.1) is 0 Å². The molecule has 0 N–H and O–H groups in total. The zero-order valence-electron chi connectivity index (χ0n) is 16.1. The number of rotatable bonds is 5. The van der Waals surface area contributed by atoms with Gasteiger partial charge in [-0.2, -0.15) is 0 Å². The highest BCUT2D eigenvalue weighted by Gasteiger charge is 2.17. The topological polar surface area (TPSA) is 9.23 Å². The Morgan fingerprint density at radius 3 is 2.13 bits per heavy atom. The zero-order valence-corrected chi connectivity index (χ0v) is 16.1. The van der Waals surface area contributed by atoms with Crippen LogP contribution in [0.25, 0.3) is 21.9 Å². The third kappa shape index (κ3) is 4.06. The number of hydrogen-bond acceptors (Lipinski definition) is 1. The predicted molar refractivity (Wildman–Crippen MR) is 103 cm³/mol. The fourth-order valence-corrected chi connectivity index (χ4v) is 3.09. The molecule has 3 aromatic carbocycles. The summed E-state index contributed by atoms with van der Waals surface area (Å²) in [5.74, 6) is -6.32. The maximum atomic E-state index is 14.6. The Bertz CT molecular complexity index is 1170. The van der Waals surface area contributed by atoms with Crippen LogP contribution in [0, 0.1) is 30.2 Å². The fourth-order valence-electron chi connectivity index (χ4n) is 3.09. The molecule has 0 amide bonds. The molecule has 0 spiro atoms. The lowest BCUT2D eigenvalue weighted by Gasteiger charge is -2.12. The van der Waals surface area contributed by atoms with E-state index in [0.29, 0.717) is 0 Å². The van der Waals surface area contributed by atoms with Crippen molar-refractivity contribution in [1.82, 2.24) is 0 Å². The molecule has 0 saturated carbocycles. The van der Waals surface area contributed by atoms with E-state index >= 15 is 0 Å². The Hall–Kier alpha value is -3.22. The van der Waals surface area contributed by atoms with Crippen LogP contribution in [-0.4, -0.2) is 0 Å². The number of benzene rings is 3. The Labute approximate surface area is 168 Å². The van der Waals surface area contributed by atoms with Crippen molar-refractivity contribution in [2.75, 3.05) is 0 Å². The third-order valence-electron chi connectivity index (χ3n) is 4.59. The summed E-state index contributed by atoms with van der Waals surface area (Å²) in [4.78, 5) is 0. The van der Waals surface area contributed by atoms with Crippen molar-refractivity contribution in [3.63, 3.8) is 0 Å². The summed E-state index contributed by atoms with van der Waals surface area (Å²) in [6.45, 7) is 4.68. The lowest BCUT2D eigenvalue weighted by Crippen LogP contribution is -1.99. The van der Waals surface area contributed by atoms with E-state index < -0.39 is 52.9 Å². The molecule has 0 fully saturated rings. The molecule has 0 aliphatic carbocycles. The van der Waals surface area contributed by atoms with Crippen LogP contribution >= 0.6 is 0 Å². The third-order valence-corrected chi connectivity index (χ3v) is 4.59. The lowest BCUT2D eigenvalue weighted by molar-refractivity contribution is 0.185. The lowest BCUT2D eigenvalue weighted by atomic mass is 9.98. The first-order valence-electron chi connectivity index (χ1n) is 8.80. The predicted octanol–water partition coefficient (Wildman–Crippen LogP) is 7.57. The molecule has 0 aromatic heterocycles. The minimum atomic E-state index is -1.15. The van der Waals surface area contributed by atoms with E-state index in [0.717, 1.165) is 25.1 Å². The van der Waals surface area contributed by atoms with E-state index in [1.54, 1.807) is 0 Å². The van der Waals surface area contributed by atoms with Gasteiger partial charge < -0.3 is 4.74 Å². The van der Waals surface area contributed by atoms with Gasteiger partial charge in [0, 0.05) is 10.9 Å². The number of allylic oxidation sites excluding steroid dienone is 2. The maximum Gasteiger partial charge on any atom is 0.185 e. The molecular formula is C23H16F6O. The second kappa shape index (κ2) is 8.26. The Balaban J connectivity index is 1.99. The molecule has 156 valence electrons. The zero-order chi connectivity index (χ0) is 22.2. The Morgan fingerprint density at radius 1 is 0.933 bits per heavy atom. The van der Waals surface area contributed by atoms with Gasteiger partial charge in [0.05, 0.1) is 5.56 Å². The standard InChI is InChI=1S/C23H16F6O/c1-11-18(26)9-16-8-15(4-5-17(16)22(11)29)21-19(27)6-14(7-20(21)28)10-30-23(12(2)24)13(3)25/h4-9H,2,10H2,1,3H3/b23-13-. The molecule has 0 saturated heterocycles. The first kappa shape index (κ1) is 21.5. The highest BCUT2D eigenvalue weighted by Crippen LogP contribution is 2.32. The second-order valence-electron chi connectivity index (χ2n) is 6.72. The van der Waals surface area contributed by atoms with Crippen LogP contribution in [0.15, 0.2) is 60.4 Å². The molecule has 3 aromatic rings. The number of hydrogen-bond donors (Lipinski definition) is 0. The Kier molecular flexibility index (Phi) is 5.92. The van der Waals surface area contributed by atoms with E-state index in [1.807, 2.05) is 0 Å². The summed E-state index contributed by atoms with van der Waals surface area (Å²) < 4.78 is 88.6. The van der Waals surface area contributed by atoms with Gasteiger partial charge >= 0.3 is 0 Å². The molecule has 0 aliphatic heterocycles. The number of halogens is 6. The van der Waals surface area contributed by atoms with Crippen LogP contribution in [0.1, 0.15) is 18.1 Å². The van der Waals surface area contributed by atoms with Gasteiger partial charge in [-0.05, 0) is 54.6 Å². The van der Waals surface area contributed by atoms with Gasteiger partial charge in [0.2, 0.25) is 0 Å². The summed E-state index contributed by atoms with van der Waals surface area (Å²) in [5, 5.41) is 0.268. The van der Waals surface area contributed by atoms with Crippen molar-refractivity contribution < 1.29 is 31.1 Å². The van der Waals surface area contributed by atoms with Gasteiger partial charge in [-0.1, -0.05) is 18.7 Å². The average Bonchev–Trinajstić information content (AvgIpc) is 2.65. The highest BCUT2D eigenvalue weighted by molar-refractivity contribution is 5.88. The van der Waals surface area contributed by atoms with E-state index in [2.05, 4.69) is 6.58 Å². The minimum Gasteiger partial charge on any atom is -0.483 e. The molecule has 0 aliphatic rings. The van der Waals surface area contributed by atoms with Gasteiger partial charge in [0.25, 0.3) is 0 Å². The molecular weight excluding hydrogens is 406 g/mol. The van der Waals surface area contributed by atoms with E-state index in [-0.39, 0.29) is 27.5 Å². The molecule has 0 heterocycles. The van der Waals surface area contributed by atoms with Crippen molar-refractivity contribution in [1.29, 1.82) is 0 Å². The molecule has 0 unspecified atom stereocenters. The van der Waals surface area contributed by atoms with E-state index in [9.17, 15) is 26.3 Å². The van der Waals surface area contributed by atoms with Crippen molar-refractivity contribution in [2.24, 2.45) is 0 Å². The second-order valence-corrected chi connectivity index (χ2v) is 6.72.